The van der Waals surface area contributed by atoms with Crippen LogP contribution in [0, 0.1) is 6.92 Å². The van der Waals surface area contributed by atoms with Crippen molar-refractivity contribution in [2.24, 2.45) is 0 Å². The van der Waals surface area contributed by atoms with E-state index in [1.807, 2.05) is 25.1 Å². The average Bonchev–Trinajstić information content (AvgIpc) is 2.60. The third-order valence-corrected chi connectivity index (χ3v) is 6.04. The van der Waals surface area contributed by atoms with Gasteiger partial charge >= 0.3 is 0 Å². The molecular weight excluding hydrogens is 419 g/mol. The molecule has 0 aliphatic heterocycles. The molecule has 0 radical (unpaired) electrons. The second-order valence-electron chi connectivity index (χ2n) is 6.71. The average molecular weight is 443 g/mol. The van der Waals surface area contributed by atoms with Crippen LogP contribution >= 0.6 is 23.2 Å². The van der Waals surface area contributed by atoms with Gasteiger partial charge < -0.3 is 5.32 Å². The highest BCUT2D eigenvalue weighted by atomic mass is 35.5. The van der Waals surface area contributed by atoms with Crippen LogP contribution in [0.4, 0.5) is 5.69 Å². The van der Waals surface area contributed by atoms with E-state index in [2.05, 4.69) is 11.4 Å². The second-order valence-corrected chi connectivity index (χ2v) is 9.42. The molecule has 0 heterocycles. The molecule has 1 N–H and O–H groups in total. The van der Waals surface area contributed by atoms with E-state index in [0.29, 0.717) is 11.6 Å². The van der Waals surface area contributed by atoms with E-state index in [1.54, 1.807) is 6.07 Å². The second kappa shape index (κ2) is 9.63. The van der Waals surface area contributed by atoms with Crippen LogP contribution in [-0.4, -0.2) is 33.2 Å². The number of rotatable bonds is 8. The first-order chi connectivity index (χ1) is 13.1. The van der Waals surface area contributed by atoms with E-state index >= 15 is 0 Å². The van der Waals surface area contributed by atoms with Crippen molar-refractivity contribution in [2.45, 2.75) is 32.7 Å². The van der Waals surface area contributed by atoms with Crippen LogP contribution in [0.3, 0.4) is 0 Å². The first-order valence-corrected chi connectivity index (χ1v) is 11.5. The summed E-state index contributed by atoms with van der Waals surface area (Å²) in [6, 6.07) is 11.7. The van der Waals surface area contributed by atoms with Crippen LogP contribution in [0.25, 0.3) is 0 Å². The Bertz CT molecular complexity index is 948. The molecule has 152 valence electrons. The third-order valence-electron chi connectivity index (χ3n) is 4.26. The number of aryl methyl sites for hydroxylation is 2. The highest BCUT2D eigenvalue weighted by molar-refractivity contribution is 7.92. The number of carbonyl (C=O) groups excluding carboxylic acids is 1. The minimum Gasteiger partial charge on any atom is -0.354 e. The van der Waals surface area contributed by atoms with Crippen molar-refractivity contribution in [3.8, 4) is 0 Å². The molecule has 0 saturated heterocycles. The maximum atomic E-state index is 12.6. The zero-order chi connectivity index (χ0) is 20.9. The minimum atomic E-state index is -3.75. The standard InChI is InChI=1S/C20H24Cl2N2O3S/c1-14-6-4-7-16(12-14)8-5-11-23-20(25)15(2)24(28(3,26)27)19-13-17(21)9-10-18(19)22/h4,6-7,9-10,12-13,15H,5,8,11H2,1-3H3,(H,23,25). The van der Waals surface area contributed by atoms with Crippen molar-refractivity contribution in [2.75, 3.05) is 17.1 Å². The quantitative estimate of drug-likeness (QED) is 0.622. The van der Waals surface area contributed by atoms with Gasteiger partial charge in [-0.05, 0) is 50.5 Å². The molecule has 5 nitrogen and oxygen atoms in total. The fourth-order valence-corrected chi connectivity index (χ4v) is 4.56. The first kappa shape index (κ1) is 22.5. The fourth-order valence-electron chi connectivity index (χ4n) is 2.96. The molecule has 0 bridgehead atoms. The lowest BCUT2D eigenvalue weighted by molar-refractivity contribution is -0.121. The molecule has 2 aromatic rings. The number of nitrogens with zero attached hydrogens (tertiary/aromatic N) is 1. The van der Waals surface area contributed by atoms with Crippen molar-refractivity contribution in [3.05, 3.63) is 63.6 Å². The van der Waals surface area contributed by atoms with E-state index in [1.165, 1.54) is 30.2 Å². The highest BCUT2D eigenvalue weighted by Crippen LogP contribution is 2.32. The molecule has 8 heteroatoms. The van der Waals surface area contributed by atoms with Gasteiger partial charge in [0, 0.05) is 11.6 Å². The Hall–Kier alpha value is -1.76. The number of hydrogen-bond acceptors (Lipinski definition) is 3. The third kappa shape index (κ3) is 6.12. The molecule has 0 aliphatic rings. The Labute approximate surface area is 176 Å². The molecule has 0 fully saturated rings. The normalized spacial score (nSPS) is 12.5. The lowest BCUT2D eigenvalue weighted by atomic mass is 10.1. The first-order valence-electron chi connectivity index (χ1n) is 8.87. The van der Waals surface area contributed by atoms with E-state index in [9.17, 15) is 13.2 Å². The van der Waals surface area contributed by atoms with E-state index in [-0.39, 0.29) is 10.7 Å². The van der Waals surface area contributed by atoms with Crippen molar-refractivity contribution in [1.82, 2.24) is 5.32 Å². The van der Waals surface area contributed by atoms with Crippen LogP contribution < -0.4 is 9.62 Å². The van der Waals surface area contributed by atoms with Gasteiger partial charge in [-0.1, -0.05) is 53.0 Å². The van der Waals surface area contributed by atoms with Crippen LogP contribution in [0.2, 0.25) is 10.0 Å². The van der Waals surface area contributed by atoms with Gasteiger partial charge in [-0.25, -0.2) is 8.42 Å². The number of amides is 1. The van der Waals surface area contributed by atoms with Gasteiger partial charge in [0.1, 0.15) is 6.04 Å². The SMILES string of the molecule is Cc1cccc(CCCNC(=O)C(C)N(c2cc(Cl)ccc2Cl)S(C)(=O)=O)c1. The molecule has 0 aliphatic carbocycles. The highest BCUT2D eigenvalue weighted by Gasteiger charge is 2.30. The molecule has 1 amide bonds. The summed E-state index contributed by atoms with van der Waals surface area (Å²) in [4.78, 5) is 12.6. The van der Waals surface area contributed by atoms with Crippen molar-refractivity contribution >= 4 is 44.8 Å². The number of nitrogens with one attached hydrogen (secondary N) is 1. The fraction of sp³-hybridized carbons (Fsp3) is 0.350. The zero-order valence-corrected chi connectivity index (χ0v) is 18.4. The van der Waals surface area contributed by atoms with Gasteiger partial charge in [-0.15, -0.1) is 0 Å². The number of carbonyl (C=O) groups is 1. The van der Waals surface area contributed by atoms with E-state index in [0.717, 1.165) is 23.4 Å². The smallest absolute Gasteiger partial charge is 0.243 e. The summed E-state index contributed by atoms with van der Waals surface area (Å²) < 4.78 is 25.7. The molecule has 0 aromatic heterocycles. The summed E-state index contributed by atoms with van der Waals surface area (Å²) in [7, 11) is -3.75. The van der Waals surface area contributed by atoms with E-state index < -0.39 is 22.0 Å². The molecule has 2 rings (SSSR count). The maximum Gasteiger partial charge on any atom is 0.243 e. The topological polar surface area (TPSA) is 66.5 Å². The summed E-state index contributed by atoms with van der Waals surface area (Å²) in [5.41, 5.74) is 2.57. The summed E-state index contributed by atoms with van der Waals surface area (Å²) >= 11 is 12.1. The Morgan fingerprint density at radius 1 is 1.18 bits per heavy atom. The number of benzene rings is 2. The summed E-state index contributed by atoms with van der Waals surface area (Å²) in [5, 5.41) is 3.34. The van der Waals surface area contributed by atoms with Gasteiger partial charge in [0.2, 0.25) is 15.9 Å². The summed E-state index contributed by atoms with van der Waals surface area (Å²) in [6.07, 6.45) is 2.61. The van der Waals surface area contributed by atoms with Crippen molar-refractivity contribution < 1.29 is 13.2 Å². The molecule has 0 spiro atoms. The molecule has 1 atom stereocenters. The van der Waals surface area contributed by atoms with Crippen molar-refractivity contribution in [1.29, 1.82) is 0 Å². The maximum absolute atomic E-state index is 12.6. The minimum absolute atomic E-state index is 0.180. The zero-order valence-electron chi connectivity index (χ0n) is 16.1. The Morgan fingerprint density at radius 3 is 2.54 bits per heavy atom. The Balaban J connectivity index is 2.04. The Kier molecular flexibility index (Phi) is 7.75. The molecule has 0 saturated carbocycles. The van der Waals surface area contributed by atoms with Crippen LogP contribution in [0.5, 0.6) is 0 Å². The molecule has 2 aromatic carbocycles. The van der Waals surface area contributed by atoms with Gasteiger partial charge in [0.05, 0.1) is 17.0 Å². The Morgan fingerprint density at radius 2 is 1.89 bits per heavy atom. The number of hydrogen-bond donors (Lipinski definition) is 1. The van der Waals surface area contributed by atoms with Gasteiger partial charge in [0.15, 0.2) is 0 Å². The predicted molar refractivity (Wildman–Crippen MR) is 116 cm³/mol. The van der Waals surface area contributed by atoms with Crippen LogP contribution in [0.1, 0.15) is 24.5 Å². The van der Waals surface area contributed by atoms with Gasteiger partial charge in [-0.3, -0.25) is 9.10 Å². The summed E-state index contributed by atoms with van der Waals surface area (Å²) in [5.74, 6) is -0.397. The van der Waals surface area contributed by atoms with Crippen molar-refractivity contribution in [3.63, 3.8) is 0 Å². The summed E-state index contributed by atoms with van der Waals surface area (Å²) in [6.45, 7) is 4.00. The predicted octanol–water partition coefficient (Wildman–Crippen LogP) is 4.21. The number of anilines is 1. The number of sulfonamides is 1. The van der Waals surface area contributed by atoms with Gasteiger partial charge in [0.25, 0.3) is 0 Å². The lowest BCUT2D eigenvalue weighted by Crippen LogP contribution is -2.48. The van der Waals surface area contributed by atoms with E-state index in [4.69, 9.17) is 23.2 Å². The lowest BCUT2D eigenvalue weighted by Gasteiger charge is -2.29. The van der Waals surface area contributed by atoms with Gasteiger partial charge in [-0.2, -0.15) is 0 Å². The molecule has 28 heavy (non-hydrogen) atoms. The largest absolute Gasteiger partial charge is 0.354 e. The monoisotopic (exact) mass is 442 g/mol. The molecule has 1 unspecified atom stereocenters. The van der Waals surface area contributed by atoms with Crippen LogP contribution in [0.15, 0.2) is 42.5 Å². The van der Waals surface area contributed by atoms with Crippen LogP contribution in [-0.2, 0) is 21.2 Å². The number of halogens is 2. The molecular formula is C20H24Cl2N2O3S.